The van der Waals surface area contributed by atoms with Crippen LogP contribution in [-0.2, 0) is 0 Å². The van der Waals surface area contributed by atoms with Gasteiger partial charge in [-0.25, -0.2) is 0 Å². The highest BCUT2D eigenvalue weighted by Gasteiger charge is 2.14. The van der Waals surface area contributed by atoms with Crippen molar-refractivity contribution in [3.63, 3.8) is 0 Å². The van der Waals surface area contributed by atoms with E-state index in [9.17, 15) is 0 Å². The normalized spacial score (nSPS) is 11.2. The van der Waals surface area contributed by atoms with Crippen LogP contribution < -0.4 is 10.6 Å². The van der Waals surface area contributed by atoms with E-state index in [1.54, 1.807) is 10.7 Å². The number of hydrogen-bond acceptors (Lipinski definition) is 6. The summed E-state index contributed by atoms with van der Waals surface area (Å²) in [6.45, 7) is 1.65. The lowest BCUT2D eigenvalue weighted by molar-refractivity contribution is 0.425. The number of rotatable bonds is 6. The van der Waals surface area contributed by atoms with E-state index in [1.165, 1.54) is 0 Å². The minimum Gasteiger partial charge on any atom is -0.357 e. The fourth-order valence-electron chi connectivity index (χ4n) is 2.37. The molecular formula is C16H20ClN7. The Morgan fingerprint density at radius 2 is 2.08 bits per heavy atom. The molecular weight excluding hydrogens is 326 g/mol. The molecule has 0 aliphatic heterocycles. The summed E-state index contributed by atoms with van der Waals surface area (Å²) in [7, 11) is 5.87. The Kier molecular flexibility index (Phi) is 4.82. The molecule has 3 aromatic rings. The SMILES string of the molecule is CNc1nc(NCCN(C)C)nc2c(-c3cccc(Cl)c3)cnn12. The van der Waals surface area contributed by atoms with Crippen LogP contribution in [0.25, 0.3) is 16.8 Å². The molecule has 3 rings (SSSR count). The molecule has 0 bridgehead atoms. The maximum atomic E-state index is 6.11. The third kappa shape index (κ3) is 3.42. The van der Waals surface area contributed by atoms with Gasteiger partial charge in [0.25, 0.3) is 0 Å². The summed E-state index contributed by atoms with van der Waals surface area (Å²) in [5.41, 5.74) is 2.61. The molecule has 0 aliphatic rings. The molecule has 0 spiro atoms. The average molecular weight is 346 g/mol. The van der Waals surface area contributed by atoms with Gasteiger partial charge in [-0.3, -0.25) is 0 Å². The number of likely N-dealkylation sites (N-methyl/N-ethyl adjacent to an activating group) is 1. The van der Waals surface area contributed by atoms with Crippen LogP contribution in [0.3, 0.4) is 0 Å². The molecule has 7 nitrogen and oxygen atoms in total. The second kappa shape index (κ2) is 7.02. The van der Waals surface area contributed by atoms with Crippen LogP contribution in [0, 0.1) is 0 Å². The third-order valence-electron chi connectivity index (χ3n) is 3.57. The van der Waals surface area contributed by atoms with Crippen LogP contribution in [0.4, 0.5) is 11.9 Å². The van der Waals surface area contributed by atoms with Gasteiger partial charge in [0.2, 0.25) is 11.9 Å². The smallest absolute Gasteiger partial charge is 0.228 e. The molecule has 2 aromatic heterocycles. The molecule has 1 aromatic carbocycles. The summed E-state index contributed by atoms with van der Waals surface area (Å²) in [5, 5.41) is 11.4. The average Bonchev–Trinajstić information content (AvgIpc) is 2.97. The number of anilines is 2. The van der Waals surface area contributed by atoms with E-state index < -0.39 is 0 Å². The van der Waals surface area contributed by atoms with Crippen molar-refractivity contribution in [2.24, 2.45) is 0 Å². The van der Waals surface area contributed by atoms with Crippen LogP contribution in [-0.4, -0.2) is 58.7 Å². The standard InChI is InChI=1S/C16H20ClN7/c1-18-16-22-15(19-7-8-23(2)3)21-14-13(10-20-24(14)16)11-5-4-6-12(17)9-11/h4-6,9-10H,7-8H2,1-3H3,(H2,18,19,21,22). The highest BCUT2D eigenvalue weighted by atomic mass is 35.5. The number of nitrogens with one attached hydrogen (secondary N) is 2. The van der Waals surface area contributed by atoms with Crippen LogP contribution >= 0.6 is 11.6 Å². The molecule has 0 radical (unpaired) electrons. The van der Waals surface area contributed by atoms with E-state index in [0.717, 1.165) is 29.9 Å². The number of nitrogens with zero attached hydrogens (tertiary/aromatic N) is 5. The van der Waals surface area contributed by atoms with Crippen molar-refractivity contribution in [2.45, 2.75) is 0 Å². The predicted octanol–water partition coefficient (Wildman–Crippen LogP) is 2.46. The van der Waals surface area contributed by atoms with Gasteiger partial charge in [0, 0.05) is 30.7 Å². The molecule has 0 fully saturated rings. The Balaban J connectivity index is 2.02. The van der Waals surface area contributed by atoms with Gasteiger partial charge in [0.1, 0.15) is 0 Å². The van der Waals surface area contributed by atoms with Crippen LogP contribution in [0.15, 0.2) is 30.5 Å². The highest BCUT2D eigenvalue weighted by Crippen LogP contribution is 2.27. The second-order valence-corrected chi connectivity index (χ2v) is 6.09. The fourth-order valence-corrected chi connectivity index (χ4v) is 2.56. The Hall–Kier alpha value is -2.38. The molecule has 2 N–H and O–H groups in total. The molecule has 0 aliphatic carbocycles. The van der Waals surface area contributed by atoms with Crippen molar-refractivity contribution in [3.05, 3.63) is 35.5 Å². The Bertz CT molecular complexity index is 844. The van der Waals surface area contributed by atoms with Gasteiger partial charge >= 0.3 is 0 Å². The van der Waals surface area contributed by atoms with Gasteiger partial charge in [0.15, 0.2) is 5.65 Å². The van der Waals surface area contributed by atoms with Crippen molar-refractivity contribution in [1.29, 1.82) is 0 Å². The van der Waals surface area contributed by atoms with E-state index in [4.69, 9.17) is 11.6 Å². The molecule has 0 atom stereocenters. The first-order valence-electron chi connectivity index (χ1n) is 7.66. The lowest BCUT2D eigenvalue weighted by Gasteiger charge is -2.11. The fraction of sp³-hybridized carbons (Fsp3) is 0.312. The van der Waals surface area contributed by atoms with E-state index >= 15 is 0 Å². The molecule has 24 heavy (non-hydrogen) atoms. The monoisotopic (exact) mass is 345 g/mol. The van der Waals surface area contributed by atoms with E-state index in [2.05, 4.69) is 30.6 Å². The van der Waals surface area contributed by atoms with E-state index in [0.29, 0.717) is 16.9 Å². The maximum Gasteiger partial charge on any atom is 0.228 e. The Morgan fingerprint density at radius 1 is 1.25 bits per heavy atom. The molecule has 0 unspecified atom stereocenters. The maximum absolute atomic E-state index is 6.11. The first kappa shape index (κ1) is 16.5. The van der Waals surface area contributed by atoms with Gasteiger partial charge in [-0.1, -0.05) is 23.7 Å². The van der Waals surface area contributed by atoms with Gasteiger partial charge in [-0.2, -0.15) is 19.6 Å². The number of benzene rings is 1. The van der Waals surface area contributed by atoms with Gasteiger partial charge in [-0.05, 0) is 31.8 Å². The van der Waals surface area contributed by atoms with E-state index in [-0.39, 0.29) is 0 Å². The zero-order valence-corrected chi connectivity index (χ0v) is 14.7. The molecule has 0 saturated heterocycles. The number of aromatic nitrogens is 4. The third-order valence-corrected chi connectivity index (χ3v) is 3.80. The van der Waals surface area contributed by atoms with Crippen molar-refractivity contribution in [2.75, 3.05) is 44.9 Å². The quantitative estimate of drug-likeness (QED) is 0.715. The summed E-state index contributed by atoms with van der Waals surface area (Å²) in [5.74, 6) is 1.19. The summed E-state index contributed by atoms with van der Waals surface area (Å²) < 4.78 is 1.69. The summed E-state index contributed by atoms with van der Waals surface area (Å²) >= 11 is 6.11. The largest absolute Gasteiger partial charge is 0.357 e. The number of fused-ring (bicyclic) bond motifs is 1. The lowest BCUT2D eigenvalue weighted by atomic mass is 10.1. The molecule has 0 saturated carbocycles. The van der Waals surface area contributed by atoms with Crippen molar-refractivity contribution >= 4 is 29.1 Å². The zero-order valence-electron chi connectivity index (χ0n) is 13.9. The van der Waals surface area contributed by atoms with Gasteiger partial charge < -0.3 is 15.5 Å². The van der Waals surface area contributed by atoms with Crippen molar-refractivity contribution in [1.82, 2.24) is 24.5 Å². The predicted molar refractivity (Wildman–Crippen MR) is 97.8 cm³/mol. The van der Waals surface area contributed by atoms with Gasteiger partial charge in [-0.15, -0.1) is 0 Å². The number of hydrogen-bond donors (Lipinski definition) is 2. The van der Waals surface area contributed by atoms with Crippen LogP contribution in [0.2, 0.25) is 5.02 Å². The molecule has 8 heteroatoms. The first-order chi connectivity index (χ1) is 11.6. The van der Waals surface area contributed by atoms with Crippen LogP contribution in [0.5, 0.6) is 0 Å². The van der Waals surface area contributed by atoms with Crippen molar-refractivity contribution < 1.29 is 0 Å². The molecule has 2 heterocycles. The number of halogens is 1. The Morgan fingerprint density at radius 3 is 2.79 bits per heavy atom. The molecule has 0 amide bonds. The zero-order chi connectivity index (χ0) is 17.1. The molecule has 126 valence electrons. The second-order valence-electron chi connectivity index (χ2n) is 5.65. The first-order valence-corrected chi connectivity index (χ1v) is 8.04. The minimum atomic E-state index is 0.567. The Labute approximate surface area is 145 Å². The summed E-state index contributed by atoms with van der Waals surface area (Å²) in [6, 6.07) is 7.65. The lowest BCUT2D eigenvalue weighted by Crippen LogP contribution is -2.22. The van der Waals surface area contributed by atoms with E-state index in [1.807, 2.05) is 45.4 Å². The summed E-state index contributed by atoms with van der Waals surface area (Å²) in [6.07, 6.45) is 1.78. The van der Waals surface area contributed by atoms with Crippen LogP contribution in [0.1, 0.15) is 0 Å². The van der Waals surface area contributed by atoms with Gasteiger partial charge in [0.05, 0.1) is 6.20 Å². The topological polar surface area (TPSA) is 70.4 Å². The highest BCUT2D eigenvalue weighted by molar-refractivity contribution is 6.30. The minimum absolute atomic E-state index is 0.567. The van der Waals surface area contributed by atoms with Crippen molar-refractivity contribution in [3.8, 4) is 11.1 Å². The summed E-state index contributed by atoms with van der Waals surface area (Å²) in [4.78, 5) is 11.2.